The average Bonchev–Trinajstić information content (AvgIpc) is 2.26. The Kier molecular flexibility index (Phi) is 2.12. The summed E-state index contributed by atoms with van der Waals surface area (Å²) in [5.41, 5.74) is 5.07. The van der Waals surface area contributed by atoms with Crippen molar-refractivity contribution in [2.45, 2.75) is 6.92 Å². The van der Waals surface area contributed by atoms with Gasteiger partial charge in [0, 0.05) is 19.1 Å². The summed E-state index contributed by atoms with van der Waals surface area (Å²) in [6, 6.07) is 6.22. The third-order valence-electron chi connectivity index (χ3n) is 2.40. The van der Waals surface area contributed by atoms with E-state index in [1.165, 1.54) is 19.1 Å². The monoisotopic (exact) mass is 219 g/mol. The van der Waals surface area contributed by atoms with Crippen LogP contribution in [0, 0.1) is 17.3 Å². The van der Waals surface area contributed by atoms with Crippen molar-refractivity contribution >= 4 is 16.9 Å². The molecule has 1 amide bonds. The number of rotatable bonds is 1. The molecule has 0 unspecified atom stereocenters. The summed E-state index contributed by atoms with van der Waals surface area (Å²) in [6.45, 7) is 1.38. The van der Waals surface area contributed by atoms with Gasteiger partial charge in [0.25, 0.3) is 16.7 Å². The maximum atomic E-state index is 11.8. The first-order valence-corrected chi connectivity index (χ1v) is 4.58. The largest absolute Gasteiger partial charge is 0.618 e. The SMILES string of the molecule is Cc1c(C(N)=O)[n+]([O-])c2ccccc2[n+]1[O-]. The zero-order valence-corrected chi connectivity index (χ0v) is 8.51. The molecule has 6 nitrogen and oxygen atoms in total. The smallest absolute Gasteiger partial charge is 0.350 e. The fourth-order valence-electron chi connectivity index (χ4n) is 1.63. The van der Waals surface area contributed by atoms with Crippen LogP contribution in [-0.2, 0) is 0 Å². The predicted octanol–water partition coefficient (Wildman–Crippen LogP) is -0.486. The summed E-state index contributed by atoms with van der Waals surface area (Å²) in [5, 5.41) is 23.6. The van der Waals surface area contributed by atoms with Gasteiger partial charge in [0.05, 0.1) is 0 Å². The van der Waals surface area contributed by atoms with Crippen LogP contribution in [0.1, 0.15) is 16.2 Å². The molecule has 0 atom stereocenters. The normalized spacial score (nSPS) is 10.6. The molecule has 0 aliphatic heterocycles. The molecule has 6 heteroatoms. The summed E-state index contributed by atoms with van der Waals surface area (Å²) in [5.74, 6) is -0.914. The highest BCUT2D eigenvalue weighted by atomic mass is 16.5. The van der Waals surface area contributed by atoms with Crippen molar-refractivity contribution in [2.75, 3.05) is 0 Å². The molecule has 1 heterocycles. The second-order valence-electron chi connectivity index (χ2n) is 3.38. The number of fused-ring (bicyclic) bond motifs is 1. The molecule has 0 saturated heterocycles. The second kappa shape index (κ2) is 3.34. The van der Waals surface area contributed by atoms with Crippen molar-refractivity contribution in [3.05, 3.63) is 46.1 Å². The number of carbonyl (C=O) groups excluding carboxylic acids is 1. The molecule has 2 N–H and O–H groups in total. The number of para-hydroxylation sites is 2. The van der Waals surface area contributed by atoms with Gasteiger partial charge in [0.1, 0.15) is 0 Å². The first-order valence-electron chi connectivity index (χ1n) is 4.58. The molecule has 0 fully saturated rings. The zero-order valence-electron chi connectivity index (χ0n) is 8.51. The van der Waals surface area contributed by atoms with Crippen molar-refractivity contribution in [1.29, 1.82) is 0 Å². The fourth-order valence-corrected chi connectivity index (χ4v) is 1.63. The molecule has 0 spiro atoms. The minimum atomic E-state index is -0.914. The Hall–Kier alpha value is -2.37. The second-order valence-corrected chi connectivity index (χ2v) is 3.38. The summed E-state index contributed by atoms with van der Waals surface area (Å²) >= 11 is 0. The molecule has 16 heavy (non-hydrogen) atoms. The molecule has 1 aromatic heterocycles. The van der Waals surface area contributed by atoms with Crippen LogP contribution in [0.4, 0.5) is 0 Å². The molecule has 0 aliphatic rings. The van der Waals surface area contributed by atoms with E-state index in [1.54, 1.807) is 12.1 Å². The number of hydrogen-bond donors (Lipinski definition) is 1. The maximum absolute atomic E-state index is 11.8. The molecule has 0 bridgehead atoms. The lowest BCUT2D eigenvalue weighted by Gasteiger charge is -2.08. The molecular weight excluding hydrogens is 210 g/mol. The predicted molar refractivity (Wildman–Crippen MR) is 55.1 cm³/mol. The van der Waals surface area contributed by atoms with Crippen molar-refractivity contribution < 1.29 is 14.3 Å². The van der Waals surface area contributed by atoms with Gasteiger partial charge in [-0.15, -0.1) is 4.73 Å². The number of carbonyl (C=O) groups is 1. The highest BCUT2D eigenvalue weighted by Crippen LogP contribution is 2.07. The van der Waals surface area contributed by atoms with Gasteiger partial charge < -0.3 is 16.1 Å². The van der Waals surface area contributed by atoms with Crippen LogP contribution in [0.25, 0.3) is 11.0 Å². The van der Waals surface area contributed by atoms with Crippen molar-refractivity contribution in [1.82, 2.24) is 0 Å². The number of primary amides is 1. The molecule has 0 aliphatic carbocycles. The van der Waals surface area contributed by atoms with Gasteiger partial charge in [-0.1, -0.05) is 12.1 Å². The summed E-state index contributed by atoms with van der Waals surface area (Å²) in [4.78, 5) is 11.1. The van der Waals surface area contributed by atoms with Crippen LogP contribution >= 0.6 is 0 Å². The first kappa shape index (κ1) is 10.2. The lowest BCUT2D eigenvalue weighted by atomic mass is 10.2. The minimum absolute atomic E-state index is 0.00111. The van der Waals surface area contributed by atoms with Crippen molar-refractivity contribution in [3.63, 3.8) is 0 Å². The molecule has 1 aromatic carbocycles. The minimum Gasteiger partial charge on any atom is -0.618 e. The van der Waals surface area contributed by atoms with Crippen LogP contribution in [0.3, 0.4) is 0 Å². The number of aromatic nitrogens is 2. The van der Waals surface area contributed by atoms with Crippen LogP contribution in [0.5, 0.6) is 0 Å². The highest BCUT2D eigenvalue weighted by molar-refractivity contribution is 5.90. The topological polar surface area (TPSA) is 97.0 Å². The standard InChI is InChI=1S/C10H9N3O3/c1-6-9(10(11)14)13(16)8-5-3-2-4-7(8)12(6)15/h2-5H,1H3,(H2,11,14). The van der Waals surface area contributed by atoms with Gasteiger partial charge in [-0.25, -0.2) is 0 Å². The Morgan fingerprint density at radius 3 is 2.19 bits per heavy atom. The molecular formula is C10H9N3O3. The van der Waals surface area contributed by atoms with Gasteiger partial charge in [0.2, 0.25) is 0 Å². The third kappa shape index (κ3) is 1.23. The highest BCUT2D eigenvalue weighted by Gasteiger charge is 2.28. The fraction of sp³-hybridized carbons (Fsp3) is 0.100. The van der Waals surface area contributed by atoms with Crippen molar-refractivity contribution in [3.8, 4) is 0 Å². The third-order valence-corrected chi connectivity index (χ3v) is 2.40. The first-order chi connectivity index (χ1) is 7.54. The number of nitrogens with zero attached hydrogens (tertiary/aromatic N) is 2. The van der Waals surface area contributed by atoms with E-state index in [1.807, 2.05) is 0 Å². The van der Waals surface area contributed by atoms with Crippen LogP contribution in [0.15, 0.2) is 24.3 Å². The van der Waals surface area contributed by atoms with E-state index in [0.29, 0.717) is 9.46 Å². The average molecular weight is 219 g/mol. The van der Waals surface area contributed by atoms with E-state index in [0.717, 1.165) is 0 Å². The number of benzene rings is 1. The van der Waals surface area contributed by atoms with E-state index in [2.05, 4.69) is 0 Å². The van der Waals surface area contributed by atoms with E-state index < -0.39 is 5.91 Å². The van der Waals surface area contributed by atoms with Crippen LogP contribution < -0.4 is 15.2 Å². The summed E-state index contributed by atoms with van der Waals surface area (Å²) < 4.78 is 0.922. The lowest BCUT2D eigenvalue weighted by molar-refractivity contribution is -0.635. The van der Waals surface area contributed by atoms with E-state index >= 15 is 0 Å². The van der Waals surface area contributed by atoms with Gasteiger partial charge >= 0.3 is 11.6 Å². The number of hydrogen-bond acceptors (Lipinski definition) is 3. The van der Waals surface area contributed by atoms with Gasteiger partial charge in [-0.3, -0.25) is 4.79 Å². The Labute approximate surface area is 90.7 Å². The molecule has 0 saturated carbocycles. The number of amides is 1. The van der Waals surface area contributed by atoms with Crippen LogP contribution in [-0.4, -0.2) is 5.91 Å². The van der Waals surface area contributed by atoms with Gasteiger partial charge in [-0.05, 0) is 0 Å². The lowest BCUT2D eigenvalue weighted by Crippen LogP contribution is -2.47. The summed E-state index contributed by atoms with van der Waals surface area (Å²) in [7, 11) is 0. The molecule has 82 valence electrons. The Morgan fingerprint density at radius 2 is 1.69 bits per heavy atom. The molecule has 2 aromatic rings. The van der Waals surface area contributed by atoms with Gasteiger partial charge in [-0.2, -0.15) is 4.73 Å². The zero-order chi connectivity index (χ0) is 11.9. The quantitative estimate of drug-likeness (QED) is 0.517. The molecule has 2 rings (SSSR count). The Morgan fingerprint density at radius 1 is 1.19 bits per heavy atom. The van der Waals surface area contributed by atoms with Crippen molar-refractivity contribution in [2.24, 2.45) is 5.73 Å². The van der Waals surface area contributed by atoms with E-state index in [-0.39, 0.29) is 22.4 Å². The Balaban J connectivity index is 3.00. The Bertz CT molecular complexity index is 595. The van der Waals surface area contributed by atoms with Gasteiger partial charge in [0.15, 0.2) is 0 Å². The maximum Gasteiger partial charge on any atom is 0.350 e. The number of nitrogens with two attached hydrogens (primary N) is 1. The summed E-state index contributed by atoms with van der Waals surface area (Å²) in [6.07, 6.45) is 0. The molecule has 0 radical (unpaired) electrons. The van der Waals surface area contributed by atoms with Crippen LogP contribution in [0.2, 0.25) is 0 Å². The van der Waals surface area contributed by atoms with E-state index in [4.69, 9.17) is 5.73 Å². The van der Waals surface area contributed by atoms with E-state index in [9.17, 15) is 15.2 Å².